The lowest BCUT2D eigenvalue weighted by Gasteiger charge is -2.28. The molecule has 200 valence electrons. The van der Waals surface area contributed by atoms with Gasteiger partial charge in [0.2, 0.25) is 0 Å². The van der Waals surface area contributed by atoms with Gasteiger partial charge < -0.3 is 35.1 Å². The molecule has 3 N–H and O–H groups in total. The number of anilines is 1. The minimum atomic E-state index is -0.953. The van der Waals surface area contributed by atoms with Crippen molar-refractivity contribution >= 4 is 17.7 Å². The molecule has 1 atom stereocenters. The lowest BCUT2D eigenvalue weighted by atomic mass is 9.98. The number of aliphatic carboxylic acids is 1. The van der Waals surface area contributed by atoms with Crippen molar-refractivity contribution in [3.8, 4) is 22.6 Å². The summed E-state index contributed by atoms with van der Waals surface area (Å²) in [4.78, 5) is 23.5. The second-order valence-electron chi connectivity index (χ2n) is 8.87. The zero-order valence-corrected chi connectivity index (χ0v) is 21.0. The lowest BCUT2D eigenvalue weighted by molar-refractivity contribution is -0.137. The molecule has 0 aromatic heterocycles. The third-order valence-electron chi connectivity index (χ3n) is 6.46. The first kappa shape index (κ1) is 26.8. The number of ether oxygens (including phenoxy) is 3. The van der Waals surface area contributed by atoms with E-state index in [1.807, 2.05) is 48.5 Å². The Morgan fingerprint density at radius 2 is 1.68 bits per heavy atom. The molecule has 0 saturated heterocycles. The zero-order valence-electron chi connectivity index (χ0n) is 21.0. The van der Waals surface area contributed by atoms with Gasteiger partial charge in [0.25, 0.3) is 0 Å². The van der Waals surface area contributed by atoms with Crippen LogP contribution in [0.5, 0.6) is 11.5 Å². The Labute approximate surface area is 219 Å². The number of alkyl carbamates (subject to hydrolysis) is 1. The van der Waals surface area contributed by atoms with E-state index in [1.54, 1.807) is 6.92 Å². The first-order valence-corrected chi connectivity index (χ1v) is 12.1. The fraction of sp³-hybridized carbons (Fsp3) is 0.286. The van der Waals surface area contributed by atoms with Crippen molar-refractivity contribution in [3.63, 3.8) is 0 Å². The van der Waals surface area contributed by atoms with Gasteiger partial charge in [0.15, 0.2) is 11.5 Å². The molecule has 0 bridgehead atoms. The van der Waals surface area contributed by atoms with Crippen LogP contribution in [-0.2, 0) is 9.53 Å². The second kappa shape index (κ2) is 11.8. The highest BCUT2D eigenvalue weighted by atomic mass is 16.8. The predicted molar refractivity (Wildman–Crippen MR) is 140 cm³/mol. The van der Waals surface area contributed by atoms with Crippen LogP contribution in [0.1, 0.15) is 48.4 Å². The molecular weight excluding hydrogens is 492 g/mol. The number of carboxylic acids is 1. The summed E-state index contributed by atoms with van der Waals surface area (Å²) in [6.07, 6.45) is -0.522. The molecule has 0 fully saturated rings. The number of hydrogen-bond acceptors (Lipinski definition) is 8. The molecule has 38 heavy (non-hydrogen) atoms. The molecule has 0 aliphatic heterocycles. The molecule has 0 spiro atoms. The molecule has 0 heterocycles. The summed E-state index contributed by atoms with van der Waals surface area (Å²) in [7, 11) is 1.40. The highest BCUT2D eigenvalue weighted by Gasteiger charge is 2.29. The van der Waals surface area contributed by atoms with Crippen LogP contribution >= 0.6 is 0 Å². The zero-order chi connectivity index (χ0) is 27.2. The van der Waals surface area contributed by atoms with E-state index in [9.17, 15) is 20.0 Å². The molecule has 3 aromatic carbocycles. The van der Waals surface area contributed by atoms with E-state index in [0.29, 0.717) is 0 Å². The maximum absolute atomic E-state index is 12.7. The molecule has 1 amide bonds. The van der Waals surface area contributed by atoms with E-state index in [0.717, 1.165) is 22.3 Å². The van der Waals surface area contributed by atoms with E-state index < -0.39 is 18.1 Å². The van der Waals surface area contributed by atoms with Gasteiger partial charge in [0.05, 0.1) is 25.4 Å². The number of nitrogens with one attached hydrogen (secondary N) is 1. The fourth-order valence-corrected chi connectivity index (χ4v) is 4.65. The molecule has 0 radical (unpaired) electrons. The molecule has 0 saturated carbocycles. The van der Waals surface area contributed by atoms with E-state index >= 15 is 0 Å². The predicted octanol–water partition coefficient (Wildman–Crippen LogP) is 5.23. The SMILES string of the molecule is COc1cc([C@@H](C)NC(=O)OCC2c3ccccc3-c3ccccc32)c(N([O-])O)cc1OCCCC(=O)O. The monoisotopic (exact) mass is 521 g/mol. The lowest BCUT2D eigenvalue weighted by Crippen LogP contribution is -2.29. The molecule has 1 aliphatic carbocycles. The third-order valence-corrected chi connectivity index (χ3v) is 6.46. The number of carbonyl (C=O) groups excluding carboxylic acids is 1. The highest BCUT2D eigenvalue weighted by Crippen LogP contribution is 2.44. The van der Waals surface area contributed by atoms with Crippen LogP contribution in [-0.4, -0.2) is 42.7 Å². The minimum Gasteiger partial charge on any atom is -0.733 e. The number of fused-ring (bicyclic) bond motifs is 3. The standard InChI is InChI=1S/C28H29N2O8/c1-17(22-14-25(36-2)26(15-24(22)30(34)35)37-13-7-12-27(31)32)29-28(33)38-16-23-20-10-5-3-8-18(20)19-9-4-6-11-21(19)23/h3-6,8-11,14-15,17,23,34H,7,12-13,16H2,1-2H3,(H,29,33)(H,31,32)/q-1/t17-/m1/s1. The van der Waals surface area contributed by atoms with Crippen molar-refractivity contribution in [2.24, 2.45) is 0 Å². The number of carboxylic acid groups (broad SMARTS) is 1. The van der Waals surface area contributed by atoms with Gasteiger partial charge in [-0.15, -0.1) is 0 Å². The van der Waals surface area contributed by atoms with Gasteiger partial charge in [0.1, 0.15) is 6.61 Å². The van der Waals surface area contributed by atoms with Gasteiger partial charge in [0, 0.05) is 24.0 Å². The summed E-state index contributed by atoms with van der Waals surface area (Å²) in [6.45, 7) is 1.83. The van der Waals surface area contributed by atoms with Crippen molar-refractivity contribution in [1.29, 1.82) is 0 Å². The summed E-state index contributed by atoms with van der Waals surface area (Å²) >= 11 is 0. The largest absolute Gasteiger partial charge is 0.733 e. The Morgan fingerprint density at radius 1 is 1.05 bits per heavy atom. The van der Waals surface area contributed by atoms with Crippen LogP contribution in [0.2, 0.25) is 0 Å². The summed E-state index contributed by atoms with van der Waals surface area (Å²) in [5.41, 5.74) is 4.51. The van der Waals surface area contributed by atoms with Gasteiger partial charge in [-0.2, -0.15) is 0 Å². The highest BCUT2D eigenvalue weighted by molar-refractivity contribution is 5.79. The average Bonchev–Trinajstić information content (AvgIpc) is 3.23. The van der Waals surface area contributed by atoms with Gasteiger partial charge in [-0.05, 0) is 41.7 Å². The van der Waals surface area contributed by atoms with Crippen LogP contribution < -0.4 is 20.0 Å². The van der Waals surface area contributed by atoms with Crippen LogP contribution in [0.25, 0.3) is 11.1 Å². The maximum atomic E-state index is 12.7. The molecule has 4 rings (SSSR count). The average molecular weight is 522 g/mol. The second-order valence-corrected chi connectivity index (χ2v) is 8.87. The molecule has 10 heteroatoms. The van der Waals surface area contributed by atoms with E-state index in [-0.39, 0.29) is 59.9 Å². The molecule has 3 aromatic rings. The summed E-state index contributed by atoms with van der Waals surface area (Å²) < 4.78 is 16.5. The van der Waals surface area contributed by atoms with Gasteiger partial charge >= 0.3 is 12.1 Å². The van der Waals surface area contributed by atoms with Gasteiger partial charge in [-0.25, -0.2) is 4.79 Å². The van der Waals surface area contributed by atoms with Crippen molar-refractivity contribution in [2.75, 3.05) is 25.6 Å². The number of rotatable bonds is 11. The third kappa shape index (κ3) is 5.82. The van der Waals surface area contributed by atoms with Crippen molar-refractivity contribution in [1.82, 2.24) is 5.32 Å². The van der Waals surface area contributed by atoms with Crippen LogP contribution in [0.3, 0.4) is 0 Å². The Kier molecular flexibility index (Phi) is 8.35. The number of methoxy groups -OCH3 is 1. The Balaban J connectivity index is 1.45. The fourth-order valence-electron chi connectivity index (χ4n) is 4.65. The smallest absolute Gasteiger partial charge is 0.407 e. The Bertz CT molecular complexity index is 1260. The van der Waals surface area contributed by atoms with Crippen molar-refractivity contribution in [3.05, 3.63) is 82.6 Å². The van der Waals surface area contributed by atoms with Gasteiger partial charge in [-0.3, -0.25) is 10.0 Å². The van der Waals surface area contributed by atoms with Gasteiger partial charge in [-0.1, -0.05) is 48.5 Å². The molecule has 0 unspecified atom stereocenters. The molecule has 10 nitrogen and oxygen atoms in total. The van der Waals surface area contributed by atoms with Crippen LogP contribution in [0.4, 0.5) is 10.5 Å². The quantitative estimate of drug-likeness (QED) is 0.228. The van der Waals surface area contributed by atoms with E-state index in [4.69, 9.17) is 19.3 Å². The maximum Gasteiger partial charge on any atom is 0.407 e. The topological polar surface area (TPSA) is 141 Å². The first-order valence-electron chi connectivity index (χ1n) is 12.1. The summed E-state index contributed by atoms with van der Waals surface area (Å²) in [6, 6.07) is 18.0. The number of carbonyl (C=O) groups is 2. The Morgan fingerprint density at radius 3 is 2.26 bits per heavy atom. The van der Waals surface area contributed by atoms with Crippen molar-refractivity contribution < 1.29 is 34.1 Å². The molecular formula is C28H29N2O8-. The number of hydrogen-bond donors (Lipinski definition) is 3. The van der Waals surface area contributed by atoms with E-state index in [1.165, 1.54) is 19.2 Å². The Hall–Kier alpha value is -4.28. The minimum absolute atomic E-state index is 0.0687. The normalized spacial score (nSPS) is 12.7. The van der Waals surface area contributed by atoms with Crippen molar-refractivity contribution in [2.45, 2.75) is 31.7 Å². The first-order chi connectivity index (χ1) is 18.3. The number of benzene rings is 3. The number of nitrogens with zero attached hydrogens (tertiary/aromatic N) is 1. The van der Waals surface area contributed by atoms with Crippen LogP contribution in [0, 0.1) is 5.21 Å². The summed E-state index contributed by atoms with van der Waals surface area (Å²) in [5.74, 6) is -0.654. The summed E-state index contributed by atoms with van der Waals surface area (Å²) in [5, 5.41) is 32.8. The van der Waals surface area contributed by atoms with Crippen LogP contribution in [0.15, 0.2) is 60.7 Å². The van der Waals surface area contributed by atoms with E-state index in [2.05, 4.69) is 5.32 Å². The molecule has 1 aliphatic rings. The number of amides is 1.